The van der Waals surface area contributed by atoms with Crippen LogP contribution in [0.25, 0.3) is 31.7 Å². The number of rotatable bonds is 2. The molecule has 0 N–H and O–H groups in total. The summed E-state index contributed by atoms with van der Waals surface area (Å²) >= 11 is 18.8. The zero-order chi connectivity index (χ0) is 17.6. The molecule has 0 spiro atoms. The Bertz CT molecular complexity index is 1080. The molecule has 0 aliphatic heterocycles. The van der Waals surface area contributed by atoms with Crippen LogP contribution in [0, 0.1) is 6.92 Å². The monoisotopic (exact) mass is 400 g/mol. The third-order valence-corrected chi connectivity index (χ3v) is 6.92. The fourth-order valence-corrected chi connectivity index (χ4v) is 4.90. The lowest BCUT2D eigenvalue weighted by Crippen LogP contribution is -1.82. The molecular weight excluding hydrogens is 387 g/mol. The number of hydrogen-bond acceptors (Lipinski definition) is 2. The maximum absolute atomic E-state index is 6.28. The van der Waals surface area contributed by atoms with Gasteiger partial charge in [0.2, 0.25) is 0 Å². The first-order valence-electron chi connectivity index (χ1n) is 7.82. The van der Waals surface area contributed by atoms with E-state index in [9.17, 15) is 0 Å². The molecular formula is C21H14Cl2S2. The van der Waals surface area contributed by atoms with Crippen molar-refractivity contribution in [2.75, 3.05) is 0 Å². The molecule has 4 heteroatoms. The molecule has 0 saturated heterocycles. The second kappa shape index (κ2) is 6.69. The summed E-state index contributed by atoms with van der Waals surface area (Å²) in [5.74, 6) is 0. The molecule has 1 heterocycles. The molecule has 0 nitrogen and oxygen atoms in total. The molecule has 0 aliphatic carbocycles. The molecule has 0 saturated carbocycles. The summed E-state index contributed by atoms with van der Waals surface area (Å²) in [7, 11) is 0. The van der Waals surface area contributed by atoms with Crippen molar-refractivity contribution >= 4 is 57.3 Å². The van der Waals surface area contributed by atoms with Crippen LogP contribution in [-0.2, 0) is 0 Å². The Morgan fingerprint density at radius 3 is 2.32 bits per heavy atom. The number of aryl methyl sites for hydroxylation is 1. The molecule has 124 valence electrons. The molecule has 4 aromatic rings. The topological polar surface area (TPSA) is 0 Å². The minimum atomic E-state index is 0.571. The minimum Gasteiger partial charge on any atom is -0.143 e. The second-order valence-corrected chi connectivity index (χ2v) is 8.20. The standard InChI is InChI=1S/C21H14Cl2S2/c1-12-18(24)10-8-15-19(13-5-3-2-4-6-13)21(25-20(12)15)14-7-9-16(22)17(23)11-14/h2-11,24H,1H3. The molecule has 0 unspecified atom stereocenters. The van der Waals surface area contributed by atoms with Crippen LogP contribution in [-0.4, -0.2) is 0 Å². The lowest BCUT2D eigenvalue weighted by atomic mass is 9.98. The lowest BCUT2D eigenvalue weighted by molar-refractivity contribution is 1.37. The molecule has 0 fully saturated rings. The Labute approximate surface area is 166 Å². The van der Waals surface area contributed by atoms with E-state index in [1.807, 2.05) is 24.3 Å². The number of thiophene rings is 1. The minimum absolute atomic E-state index is 0.571. The smallest absolute Gasteiger partial charge is 0.0598 e. The first-order chi connectivity index (χ1) is 12.1. The van der Waals surface area contributed by atoms with Crippen molar-refractivity contribution in [3.63, 3.8) is 0 Å². The van der Waals surface area contributed by atoms with Crippen molar-refractivity contribution in [1.82, 2.24) is 0 Å². The Kier molecular flexibility index (Phi) is 4.55. The van der Waals surface area contributed by atoms with Crippen LogP contribution in [0.1, 0.15) is 5.56 Å². The summed E-state index contributed by atoms with van der Waals surface area (Å²) < 4.78 is 1.26. The van der Waals surface area contributed by atoms with Crippen molar-refractivity contribution in [3.8, 4) is 21.6 Å². The number of thiol groups is 1. The second-order valence-electron chi connectivity index (χ2n) is 5.89. The summed E-state index contributed by atoms with van der Waals surface area (Å²) in [6.07, 6.45) is 0. The van der Waals surface area contributed by atoms with E-state index in [1.165, 1.54) is 31.7 Å². The highest BCUT2D eigenvalue weighted by atomic mass is 35.5. The van der Waals surface area contributed by atoms with E-state index in [0.29, 0.717) is 10.0 Å². The van der Waals surface area contributed by atoms with Gasteiger partial charge in [-0.1, -0.05) is 65.7 Å². The molecule has 0 amide bonds. The number of halogens is 2. The van der Waals surface area contributed by atoms with Crippen molar-refractivity contribution in [2.45, 2.75) is 11.8 Å². The van der Waals surface area contributed by atoms with Gasteiger partial charge in [0.25, 0.3) is 0 Å². The van der Waals surface area contributed by atoms with E-state index < -0.39 is 0 Å². The maximum Gasteiger partial charge on any atom is 0.0598 e. The van der Waals surface area contributed by atoms with Gasteiger partial charge in [-0.3, -0.25) is 0 Å². The first kappa shape index (κ1) is 17.0. The van der Waals surface area contributed by atoms with Crippen molar-refractivity contribution in [2.24, 2.45) is 0 Å². The maximum atomic E-state index is 6.28. The number of fused-ring (bicyclic) bond motifs is 1. The summed E-state index contributed by atoms with van der Waals surface area (Å²) in [5.41, 5.74) is 4.71. The highest BCUT2D eigenvalue weighted by Crippen LogP contribution is 2.47. The van der Waals surface area contributed by atoms with Crippen LogP contribution < -0.4 is 0 Å². The van der Waals surface area contributed by atoms with Gasteiger partial charge in [-0.25, -0.2) is 0 Å². The van der Waals surface area contributed by atoms with E-state index in [-0.39, 0.29) is 0 Å². The van der Waals surface area contributed by atoms with E-state index in [2.05, 4.69) is 56.0 Å². The molecule has 0 aliphatic rings. The van der Waals surface area contributed by atoms with E-state index in [0.717, 1.165) is 10.5 Å². The van der Waals surface area contributed by atoms with E-state index in [4.69, 9.17) is 23.2 Å². The SMILES string of the molecule is Cc1c(S)ccc2c(-c3ccccc3)c(-c3ccc(Cl)c(Cl)c3)sc12. The van der Waals surface area contributed by atoms with Crippen LogP contribution in [0.15, 0.2) is 65.6 Å². The molecule has 4 rings (SSSR count). The van der Waals surface area contributed by atoms with Crippen molar-refractivity contribution in [3.05, 3.63) is 76.3 Å². The van der Waals surface area contributed by atoms with Gasteiger partial charge < -0.3 is 0 Å². The summed E-state index contributed by atoms with van der Waals surface area (Å²) in [6, 6.07) is 20.5. The van der Waals surface area contributed by atoms with Crippen LogP contribution in [0.3, 0.4) is 0 Å². The van der Waals surface area contributed by atoms with Gasteiger partial charge in [0.1, 0.15) is 0 Å². The van der Waals surface area contributed by atoms with Crippen molar-refractivity contribution in [1.29, 1.82) is 0 Å². The predicted octanol–water partition coefficient (Wildman–Crippen LogP) is 8.14. The van der Waals surface area contributed by atoms with Gasteiger partial charge in [0.15, 0.2) is 0 Å². The Balaban J connectivity index is 2.09. The van der Waals surface area contributed by atoms with Crippen LogP contribution in [0.2, 0.25) is 10.0 Å². The van der Waals surface area contributed by atoms with Gasteiger partial charge in [0, 0.05) is 25.4 Å². The number of hydrogen-bond donors (Lipinski definition) is 1. The fourth-order valence-electron chi connectivity index (χ4n) is 3.02. The van der Waals surface area contributed by atoms with Gasteiger partial charge in [-0.2, -0.15) is 0 Å². The van der Waals surface area contributed by atoms with Gasteiger partial charge >= 0.3 is 0 Å². The molecule has 0 radical (unpaired) electrons. The molecule has 25 heavy (non-hydrogen) atoms. The Morgan fingerprint density at radius 1 is 0.840 bits per heavy atom. The zero-order valence-electron chi connectivity index (χ0n) is 13.4. The summed E-state index contributed by atoms with van der Waals surface area (Å²) in [6.45, 7) is 2.12. The van der Waals surface area contributed by atoms with Crippen LogP contribution in [0.5, 0.6) is 0 Å². The Morgan fingerprint density at radius 2 is 1.60 bits per heavy atom. The van der Waals surface area contributed by atoms with E-state index >= 15 is 0 Å². The highest BCUT2D eigenvalue weighted by molar-refractivity contribution is 7.80. The van der Waals surface area contributed by atoms with Gasteiger partial charge in [0.05, 0.1) is 10.0 Å². The van der Waals surface area contributed by atoms with Gasteiger partial charge in [-0.15, -0.1) is 24.0 Å². The summed E-state index contributed by atoms with van der Waals surface area (Å²) in [5, 5.41) is 2.39. The van der Waals surface area contributed by atoms with Crippen LogP contribution in [0.4, 0.5) is 0 Å². The highest BCUT2D eigenvalue weighted by Gasteiger charge is 2.18. The third-order valence-electron chi connectivity index (χ3n) is 4.32. The number of benzene rings is 3. The first-order valence-corrected chi connectivity index (χ1v) is 9.84. The molecule has 0 bridgehead atoms. The quantitative estimate of drug-likeness (QED) is 0.322. The zero-order valence-corrected chi connectivity index (χ0v) is 16.6. The molecule has 0 atom stereocenters. The average molecular weight is 401 g/mol. The molecule has 3 aromatic carbocycles. The molecule has 1 aromatic heterocycles. The average Bonchev–Trinajstić information content (AvgIpc) is 3.01. The van der Waals surface area contributed by atoms with Crippen LogP contribution >= 0.6 is 47.2 Å². The Hall–Kier alpha value is -1.45. The lowest BCUT2D eigenvalue weighted by Gasteiger charge is -2.07. The summed E-state index contributed by atoms with van der Waals surface area (Å²) in [4.78, 5) is 2.20. The van der Waals surface area contributed by atoms with E-state index in [1.54, 1.807) is 11.3 Å². The normalized spacial score (nSPS) is 11.2. The third kappa shape index (κ3) is 2.98. The largest absolute Gasteiger partial charge is 0.143 e. The predicted molar refractivity (Wildman–Crippen MR) is 115 cm³/mol. The van der Waals surface area contributed by atoms with Gasteiger partial charge in [-0.05, 0) is 41.8 Å². The van der Waals surface area contributed by atoms with Crippen molar-refractivity contribution < 1.29 is 0 Å². The fraction of sp³-hybridized carbons (Fsp3) is 0.0476.